The average Bonchev–Trinajstić information content (AvgIpc) is 2.92. The molecule has 2 atom stereocenters. The largest absolute Gasteiger partial charge is 0.349 e. The number of carbonyl (C=O) groups is 1. The Kier molecular flexibility index (Phi) is 4.14. The number of aryl methyl sites for hydroxylation is 1. The van der Waals surface area contributed by atoms with Crippen molar-refractivity contribution in [1.82, 2.24) is 15.2 Å². The van der Waals surface area contributed by atoms with E-state index in [1.165, 1.54) is 19.1 Å². The Morgan fingerprint density at radius 2 is 2.32 bits per heavy atom. The minimum absolute atomic E-state index is 0.0812. The summed E-state index contributed by atoms with van der Waals surface area (Å²) in [5.74, 6) is -0.572. The molecule has 0 unspecified atom stereocenters. The van der Waals surface area contributed by atoms with Gasteiger partial charge in [-0.15, -0.1) is 0 Å². The molecule has 1 aromatic rings. The fourth-order valence-electron chi connectivity index (χ4n) is 2.23. The van der Waals surface area contributed by atoms with Crippen molar-refractivity contribution in [2.24, 2.45) is 0 Å². The number of aromatic nitrogens is 1. The van der Waals surface area contributed by atoms with E-state index in [-0.39, 0.29) is 24.8 Å². The summed E-state index contributed by atoms with van der Waals surface area (Å²) in [5.41, 5.74) is 0.241. The fourth-order valence-corrected chi connectivity index (χ4v) is 2.23. The van der Waals surface area contributed by atoms with E-state index in [0.717, 1.165) is 0 Å². The molecule has 0 saturated carbocycles. The van der Waals surface area contributed by atoms with Crippen LogP contribution in [0.1, 0.15) is 29.2 Å². The highest BCUT2D eigenvalue weighted by molar-refractivity contribution is 5.93. The summed E-state index contributed by atoms with van der Waals surface area (Å²) in [6, 6.07) is 2.68. The highest BCUT2D eigenvalue weighted by Crippen LogP contribution is 2.18. The van der Waals surface area contributed by atoms with Crippen molar-refractivity contribution in [2.45, 2.75) is 32.1 Å². The van der Waals surface area contributed by atoms with Gasteiger partial charge in [0.25, 0.3) is 5.91 Å². The quantitative estimate of drug-likeness (QED) is 0.877. The molecule has 19 heavy (non-hydrogen) atoms. The average molecular weight is 275 g/mol. The van der Waals surface area contributed by atoms with Gasteiger partial charge < -0.3 is 10.6 Å². The summed E-state index contributed by atoms with van der Waals surface area (Å²) in [5, 5.41) is 5.46. The van der Waals surface area contributed by atoms with E-state index >= 15 is 0 Å². The number of alkyl halides is 3. The van der Waals surface area contributed by atoms with E-state index in [4.69, 9.17) is 0 Å². The molecular formula is C12H16F3N3O. The summed E-state index contributed by atoms with van der Waals surface area (Å²) in [6.07, 6.45) is -0.580. The minimum atomic E-state index is -2.75. The number of halogens is 3. The number of carbonyl (C=O) groups excluding carboxylic acids is 1. The second-order valence-corrected chi connectivity index (χ2v) is 4.66. The molecule has 2 N–H and O–H groups in total. The smallest absolute Gasteiger partial charge is 0.319 e. The first-order chi connectivity index (χ1) is 8.99. The zero-order chi connectivity index (χ0) is 14.0. The van der Waals surface area contributed by atoms with E-state index in [2.05, 4.69) is 10.6 Å². The molecule has 2 heterocycles. The third-order valence-electron chi connectivity index (χ3n) is 3.23. The highest BCUT2D eigenvalue weighted by atomic mass is 19.3. The molecule has 1 aliphatic rings. The maximum Gasteiger partial charge on any atom is 0.319 e. The van der Waals surface area contributed by atoms with Crippen LogP contribution in [0, 0.1) is 6.92 Å². The lowest BCUT2D eigenvalue weighted by molar-refractivity contribution is 0.0617. The van der Waals surface area contributed by atoms with Crippen LogP contribution in [0.3, 0.4) is 0 Å². The summed E-state index contributed by atoms with van der Waals surface area (Å²) in [7, 11) is 0. The van der Waals surface area contributed by atoms with Crippen LogP contribution in [-0.4, -0.2) is 35.8 Å². The number of hydrogen-bond acceptors (Lipinski definition) is 2. The molecular weight excluding hydrogens is 259 g/mol. The molecule has 1 aliphatic heterocycles. The van der Waals surface area contributed by atoms with Crippen LogP contribution in [0.5, 0.6) is 0 Å². The van der Waals surface area contributed by atoms with Gasteiger partial charge in [0.2, 0.25) is 0 Å². The molecule has 1 amide bonds. The number of rotatable bonds is 4. The molecule has 106 valence electrons. The Balaban J connectivity index is 1.96. The Labute approximate surface area is 109 Å². The Bertz CT molecular complexity index is 461. The van der Waals surface area contributed by atoms with Gasteiger partial charge in [-0.1, -0.05) is 0 Å². The molecule has 1 aromatic heterocycles. The van der Waals surface area contributed by atoms with Crippen molar-refractivity contribution in [1.29, 1.82) is 0 Å². The lowest BCUT2D eigenvalue weighted by Crippen LogP contribution is -2.37. The number of nitrogens with one attached hydrogen (secondary N) is 2. The van der Waals surface area contributed by atoms with Gasteiger partial charge in [0.1, 0.15) is 11.9 Å². The third kappa shape index (κ3) is 3.09. The van der Waals surface area contributed by atoms with E-state index < -0.39 is 18.6 Å². The van der Waals surface area contributed by atoms with Gasteiger partial charge in [-0.3, -0.25) is 9.36 Å². The highest BCUT2D eigenvalue weighted by Gasteiger charge is 2.25. The SMILES string of the molecule is Cc1ccc(C(=O)NC[C@@H]2C[C@H](F)CN2)n1C(F)F. The predicted octanol–water partition coefficient (Wildman–Crippen LogP) is 1.62. The van der Waals surface area contributed by atoms with Crippen molar-refractivity contribution < 1.29 is 18.0 Å². The van der Waals surface area contributed by atoms with Crippen molar-refractivity contribution in [2.75, 3.05) is 13.1 Å². The van der Waals surface area contributed by atoms with Crippen LogP contribution in [-0.2, 0) is 0 Å². The maximum atomic E-state index is 12.9. The van der Waals surface area contributed by atoms with Gasteiger partial charge in [-0.25, -0.2) is 4.39 Å². The fraction of sp³-hybridized carbons (Fsp3) is 0.583. The van der Waals surface area contributed by atoms with Gasteiger partial charge in [0, 0.05) is 24.8 Å². The van der Waals surface area contributed by atoms with Gasteiger partial charge in [0.15, 0.2) is 0 Å². The second-order valence-electron chi connectivity index (χ2n) is 4.66. The summed E-state index contributed by atoms with van der Waals surface area (Å²) in [6.45, 7) is -0.745. The molecule has 7 heteroatoms. The normalized spacial score (nSPS) is 23.0. The Morgan fingerprint density at radius 1 is 1.58 bits per heavy atom. The van der Waals surface area contributed by atoms with Crippen LogP contribution >= 0.6 is 0 Å². The molecule has 0 bridgehead atoms. The first-order valence-electron chi connectivity index (χ1n) is 6.10. The summed E-state index contributed by atoms with van der Waals surface area (Å²) < 4.78 is 39.2. The number of hydrogen-bond donors (Lipinski definition) is 2. The van der Waals surface area contributed by atoms with Crippen LogP contribution in [0.25, 0.3) is 0 Å². The van der Waals surface area contributed by atoms with Crippen molar-refractivity contribution in [3.63, 3.8) is 0 Å². The van der Waals surface area contributed by atoms with Crippen LogP contribution in [0.15, 0.2) is 12.1 Å². The standard InChI is InChI=1S/C12H16F3N3O/c1-7-2-3-10(18(7)12(14)15)11(19)17-6-9-4-8(13)5-16-9/h2-3,8-9,12,16H,4-6H2,1H3,(H,17,19)/t8-,9-/m0/s1. The molecule has 0 aliphatic carbocycles. The van der Waals surface area contributed by atoms with Crippen LogP contribution in [0.2, 0.25) is 0 Å². The van der Waals surface area contributed by atoms with Crippen molar-refractivity contribution in [3.8, 4) is 0 Å². The summed E-state index contributed by atoms with van der Waals surface area (Å²) >= 11 is 0. The van der Waals surface area contributed by atoms with E-state index in [1.807, 2.05) is 0 Å². The number of nitrogens with zero attached hydrogens (tertiary/aromatic N) is 1. The molecule has 0 spiro atoms. The Hall–Kier alpha value is -1.50. The molecule has 1 fully saturated rings. The second kappa shape index (κ2) is 5.64. The van der Waals surface area contributed by atoms with Gasteiger partial charge >= 0.3 is 6.55 Å². The number of amides is 1. The zero-order valence-electron chi connectivity index (χ0n) is 10.5. The predicted molar refractivity (Wildman–Crippen MR) is 64.1 cm³/mol. The van der Waals surface area contributed by atoms with E-state index in [9.17, 15) is 18.0 Å². The lowest BCUT2D eigenvalue weighted by atomic mass is 10.2. The molecule has 2 rings (SSSR count). The molecule has 4 nitrogen and oxygen atoms in total. The zero-order valence-corrected chi connectivity index (χ0v) is 10.5. The minimum Gasteiger partial charge on any atom is -0.349 e. The van der Waals surface area contributed by atoms with Gasteiger partial charge in [-0.2, -0.15) is 8.78 Å². The third-order valence-corrected chi connectivity index (χ3v) is 3.23. The monoisotopic (exact) mass is 275 g/mol. The van der Waals surface area contributed by atoms with Crippen molar-refractivity contribution in [3.05, 3.63) is 23.5 Å². The van der Waals surface area contributed by atoms with E-state index in [0.29, 0.717) is 16.7 Å². The lowest BCUT2D eigenvalue weighted by Gasteiger charge is -2.13. The first-order valence-corrected chi connectivity index (χ1v) is 6.10. The van der Waals surface area contributed by atoms with Crippen LogP contribution in [0.4, 0.5) is 13.2 Å². The van der Waals surface area contributed by atoms with Gasteiger partial charge in [-0.05, 0) is 25.5 Å². The maximum absolute atomic E-state index is 12.9. The van der Waals surface area contributed by atoms with Crippen LogP contribution < -0.4 is 10.6 Å². The molecule has 0 aromatic carbocycles. The summed E-state index contributed by atoms with van der Waals surface area (Å²) in [4.78, 5) is 11.8. The molecule has 0 radical (unpaired) electrons. The van der Waals surface area contributed by atoms with Gasteiger partial charge in [0.05, 0.1) is 0 Å². The van der Waals surface area contributed by atoms with Crippen molar-refractivity contribution >= 4 is 5.91 Å². The first kappa shape index (κ1) is 13.9. The topological polar surface area (TPSA) is 46.1 Å². The van der Waals surface area contributed by atoms with E-state index in [1.54, 1.807) is 0 Å². The molecule has 1 saturated heterocycles. The Morgan fingerprint density at radius 3 is 2.89 bits per heavy atom.